The second-order valence-electron chi connectivity index (χ2n) is 6.55. The Bertz CT molecular complexity index is 1180. The predicted molar refractivity (Wildman–Crippen MR) is 102 cm³/mol. The van der Waals surface area contributed by atoms with Gasteiger partial charge in [0.15, 0.2) is 22.7 Å². The number of methoxy groups -OCH3 is 1. The third-order valence-corrected chi connectivity index (χ3v) is 4.61. The highest BCUT2D eigenvalue weighted by Crippen LogP contribution is 2.18. The van der Waals surface area contributed by atoms with Gasteiger partial charge in [0.1, 0.15) is 6.61 Å². The van der Waals surface area contributed by atoms with E-state index in [4.69, 9.17) is 9.47 Å². The summed E-state index contributed by atoms with van der Waals surface area (Å²) in [6.07, 6.45) is 1.99. The molecular formula is C19H21FN4O5. The largest absolute Gasteiger partial charge is 0.494 e. The molecule has 10 heteroatoms. The highest BCUT2D eigenvalue weighted by atomic mass is 19.1. The molecule has 0 saturated heterocycles. The summed E-state index contributed by atoms with van der Waals surface area (Å²) in [5.41, 5.74) is 0.219. The highest BCUT2D eigenvalue weighted by Gasteiger charge is 2.14. The average Bonchev–Trinajstić information content (AvgIpc) is 3.13. The van der Waals surface area contributed by atoms with Crippen molar-refractivity contribution in [3.8, 4) is 5.75 Å². The van der Waals surface area contributed by atoms with E-state index < -0.39 is 23.0 Å². The molecule has 29 heavy (non-hydrogen) atoms. The molecule has 2 heterocycles. The third-order valence-electron chi connectivity index (χ3n) is 4.61. The van der Waals surface area contributed by atoms with Gasteiger partial charge in [0, 0.05) is 27.1 Å². The van der Waals surface area contributed by atoms with Crippen molar-refractivity contribution in [1.29, 1.82) is 0 Å². The number of hydrogen-bond acceptors (Lipinski definition) is 6. The summed E-state index contributed by atoms with van der Waals surface area (Å²) < 4.78 is 27.6. The second-order valence-corrected chi connectivity index (χ2v) is 6.55. The van der Waals surface area contributed by atoms with Crippen LogP contribution in [-0.2, 0) is 36.8 Å². The zero-order valence-electron chi connectivity index (χ0n) is 16.3. The van der Waals surface area contributed by atoms with E-state index in [1.165, 1.54) is 37.2 Å². The molecule has 0 radical (unpaired) electrons. The zero-order chi connectivity index (χ0) is 21.1. The molecule has 0 atom stereocenters. The molecule has 0 unspecified atom stereocenters. The van der Waals surface area contributed by atoms with Crippen molar-refractivity contribution >= 4 is 17.1 Å². The minimum Gasteiger partial charge on any atom is -0.494 e. The van der Waals surface area contributed by atoms with Gasteiger partial charge in [-0.3, -0.25) is 18.7 Å². The van der Waals surface area contributed by atoms with E-state index in [9.17, 15) is 18.8 Å². The fraction of sp³-hybridized carbons (Fsp3) is 0.368. The minimum atomic E-state index is -0.524. The Morgan fingerprint density at radius 1 is 1.21 bits per heavy atom. The van der Waals surface area contributed by atoms with Crippen LogP contribution in [0.25, 0.3) is 11.2 Å². The summed E-state index contributed by atoms with van der Waals surface area (Å²) in [4.78, 5) is 40.4. The first-order chi connectivity index (χ1) is 13.8. The lowest BCUT2D eigenvalue weighted by Gasteiger charge is -2.08. The molecule has 0 aliphatic rings. The monoisotopic (exact) mass is 404 g/mol. The van der Waals surface area contributed by atoms with Crippen molar-refractivity contribution in [2.75, 3.05) is 7.11 Å². The van der Waals surface area contributed by atoms with E-state index in [2.05, 4.69) is 4.98 Å². The first-order valence-corrected chi connectivity index (χ1v) is 8.92. The average molecular weight is 404 g/mol. The normalized spacial score (nSPS) is 11.0. The number of carbonyl (C=O) groups excluding carboxylic acids is 1. The number of nitrogens with zero attached hydrogens (tertiary/aromatic N) is 4. The highest BCUT2D eigenvalue weighted by molar-refractivity contribution is 5.70. The van der Waals surface area contributed by atoms with Gasteiger partial charge in [0.05, 0.1) is 13.4 Å². The first-order valence-electron chi connectivity index (χ1n) is 8.92. The zero-order valence-corrected chi connectivity index (χ0v) is 16.3. The lowest BCUT2D eigenvalue weighted by atomic mass is 10.2. The number of rotatable bonds is 7. The van der Waals surface area contributed by atoms with Crippen LogP contribution in [-0.4, -0.2) is 31.8 Å². The number of ether oxygens (including phenoxy) is 2. The molecule has 0 spiro atoms. The van der Waals surface area contributed by atoms with Gasteiger partial charge in [-0.1, -0.05) is 6.07 Å². The molecule has 154 valence electrons. The van der Waals surface area contributed by atoms with Crippen molar-refractivity contribution in [2.45, 2.75) is 26.0 Å². The van der Waals surface area contributed by atoms with Crippen LogP contribution in [0.2, 0.25) is 0 Å². The Kier molecular flexibility index (Phi) is 5.81. The van der Waals surface area contributed by atoms with Crippen molar-refractivity contribution < 1.29 is 18.7 Å². The van der Waals surface area contributed by atoms with Crippen LogP contribution in [0.3, 0.4) is 0 Å². The number of halogens is 1. The molecule has 0 amide bonds. The number of benzene rings is 1. The van der Waals surface area contributed by atoms with E-state index in [1.807, 2.05) is 0 Å². The molecule has 0 aliphatic carbocycles. The maximum absolute atomic E-state index is 13.7. The molecular weight excluding hydrogens is 383 g/mol. The van der Waals surface area contributed by atoms with E-state index >= 15 is 0 Å². The van der Waals surface area contributed by atoms with Gasteiger partial charge >= 0.3 is 11.7 Å². The fourth-order valence-corrected chi connectivity index (χ4v) is 3.00. The number of imidazole rings is 1. The number of carbonyl (C=O) groups is 1. The Morgan fingerprint density at radius 2 is 1.97 bits per heavy atom. The Morgan fingerprint density at radius 3 is 2.66 bits per heavy atom. The molecule has 0 bridgehead atoms. The van der Waals surface area contributed by atoms with E-state index in [1.54, 1.807) is 17.7 Å². The van der Waals surface area contributed by atoms with Gasteiger partial charge in [-0.05, 0) is 24.1 Å². The predicted octanol–water partition coefficient (Wildman–Crippen LogP) is 1.11. The number of esters is 1. The molecule has 0 N–H and O–H groups in total. The quantitative estimate of drug-likeness (QED) is 0.547. The van der Waals surface area contributed by atoms with Crippen molar-refractivity contribution in [3.63, 3.8) is 0 Å². The summed E-state index contributed by atoms with van der Waals surface area (Å²) in [5, 5.41) is 0. The van der Waals surface area contributed by atoms with E-state index in [0.29, 0.717) is 29.7 Å². The Balaban J connectivity index is 1.59. The lowest BCUT2D eigenvalue weighted by Crippen LogP contribution is -2.37. The lowest BCUT2D eigenvalue weighted by molar-refractivity contribution is -0.145. The summed E-state index contributed by atoms with van der Waals surface area (Å²) in [6, 6.07) is 4.34. The fourth-order valence-electron chi connectivity index (χ4n) is 3.00. The molecule has 0 saturated carbocycles. The van der Waals surface area contributed by atoms with Gasteiger partial charge in [0.2, 0.25) is 0 Å². The SMILES string of the molecule is COc1ccc(COC(=O)CCCn2cnc3c2c(=O)n(C)c(=O)n3C)cc1F. The molecule has 0 aliphatic heterocycles. The topological polar surface area (TPSA) is 97.3 Å². The third kappa shape index (κ3) is 4.05. The number of fused-ring (bicyclic) bond motifs is 1. The van der Waals surface area contributed by atoms with E-state index in [-0.39, 0.29) is 18.8 Å². The van der Waals surface area contributed by atoms with Crippen LogP contribution < -0.4 is 16.0 Å². The summed E-state index contributed by atoms with van der Waals surface area (Å²) in [5.74, 6) is -0.841. The molecule has 0 fully saturated rings. The summed E-state index contributed by atoms with van der Waals surface area (Å²) in [6.45, 7) is 0.312. The van der Waals surface area contributed by atoms with Gasteiger partial charge in [-0.2, -0.15) is 0 Å². The van der Waals surface area contributed by atoms with Gasteiger partial charge in [-0.15, -0.1) is 0 Å². The number of hydrogen-bond donors (Lipinski definition) is 0. The standard InChI is InChI=1S/C19H21FN4O5/c1-22-17-16(18(26)23(2)19(22)27)24(11-21-17)8-4-5-15(25)29-10-12-6-7-14(28-3)13(20)9-12/h6-7,9,11H,4-5,8,10H2,1-3H3. The molecule has 9 nitrogen and oxygen atoms in total. The van der Waals surface area contributed by atoms with Gasteiger partial charge in [-0.25, -0.2) is 14.2 Å². The smallest absolute Gasteiger partial charge is 0.332 e. The maximum atomic E-state index is 13.7. The minimum absolute atomic E-state index is 0.0452. The van der Waals surface area contributed by atoms with Crippen molar-refractivity contribution in [2.24, 2.45) is 14.1 Å². The maximum Gasteiger partial charge on any atom is 0.332 e. The molecule has 3 rings (SSSR count). The molecule has 1 aromatic carbocycles. The van der Waals surface area contributed by atoms with Crippen LogP contribution in [0, 0.1) is 5.82 Å². The molecule has 3 aromatic rings. The van der Waals surface area contributed by atoms with E-state index in [0.717, 1.165) is 4.57 Å². The Labute approximate surface area is 164 Å². The number of aromatic nitrogens is 4. The van der Waals surface area contributed by atoms with Crippen LogP contribution in [0.4, 0.5) is 4.39 Å². The van der Waals surface area contributed by atoms with Crippen molar-refractivity contribution in [1.82, 2.24) is 18.7 Å². The number of aryl methyl sites for hydroxylation is 2. The Hall–Kier alpha value is -3.43. The summed E-state index contributed by atoms with van der Waals surface area (Å²) >= 11 is 0. The van der Waals surface area contributed by atoms with Crippen LogP contribution in [0.15, 0.2) is 34.1 Å². The van der Waals surface area contributed by atoms with Crippen LogP contribution in [0.5, 0.6) is 5.75 Å². The molecule has 2 aromatic heterocycles. The van der Waals surface area contributed by atoms with Gasteiger partial charge < -0.3 is 14.0 Å². The van der Waals surface area contributed by atoms with Gasteiger partial charge in [0.25, 0.3) is 5.56 Å². The first kappa shape index (κ1) is 20.3. The summed E-state index contributed by atoms with van der Waals surface area (Å²) in [7, 11) is 4.32. The second kappa shape index (κ2) is 8.29. The van der Waals surface area contributed by atoms with Crippen LogP contribution >= 0.6 is 0 Å². The van der Waals surface area contributed by atoms with Crippen molar-refractivity contribution in [3.05, 3.63) is 56.7 Å². The van der Waals surface area contributed by atoms with Crippen LogP contribution in [0.1, 0.15) is 18.4 Å².